The van der Waals surface area contributed by atoms with Gasteiger partial charge in [-0.3, -0.25) is 14.1 Å². The minimum atomic E-state index is -5.21. The van der Waals surface area contributed by atoms with Crippen molar-refractivity contribution in [3.8, 4) is 0 Å². The molecule has 0 heterocycles. The Hall–Kier alpha value is -0.150. The van der Waals surface area contributed by atoms with Crippen molar-refractivity contribution in [3.63, 3.8) is 0 Å². The first kappa shape index (κ1) is 54.9. The van der Waals surface area contributed by atoms with E-state index in [2.05, 4.69) is 55.4 Å². The first-order chi connectivity index (χ1) is 24.2. The molecule has 0 aromatic heterocycles. The summed E-state index contributed by atoms with van der Waals surface area (Å²) in [6, 6.07) is 0. The van der Waals surface area contributed by atoms with E-state index in [1.165, 1.54) is 77.0 Å². The van der Waals surface area contributed by atoms with Gasteiger partial charge in [0, 0.05) is 0 Å². The van der Waals surface area contributed by atoms with Gasteiger partial charge >= 0.3 is 41.5 Å². The van der Waals surface area contributed by atoms with E-state index in [1.807, 2.05) is 13.8 Å². The van der Waals surface area contributed by atoms with Crippen LogP contribution in [0.1, 0.15) is 210 Å². The van der Waals surface area contributed by atoms with Crippen LogP contribution in [0.2, 0.25) is 0 Å². The molecule has 8 unspecified atom stereocenters. The molecule has 0 bridgehead atoms. The number of hydrogen-bond acceptors (Lipinski definition) is 4. The third kappa shape index (κ3) is 25.0. The maximum absolute atomic E-state index is 12.8. The van der Waals surface area contributed by atoms with Crippen LogP contribution in [0, 0.1) is 53.3 Å². The molecule has 0 saturated carbocycles. The van der Waals surface area contributed by atoms with Crippen molar-refractivity contribution in [3.05, 3.63) is 0 Å². The Kier molecular flexibility index (Phi) is 31.1. The number of carboxylic acid groups (broad SMARTS) is 2. The molecular formula is C44H87NaO7S. The topological polar surface area (TPSA) is 129 Å². The van der Waals surface area contributed by atoms with Gasteiger partial charge in [0.2, 0.25) is 4.75 Å². The van der Waals surface area contributed by atoms with Gasteiger partial charge in [-0.2, -0.15) is 8.42 Å². The predicted octanol–water partition coefficient (Wildman–Crippen LogP) is 12.5. The summed E-state index contributed by atoms with van der Waals surface area (Å²) in [6.07, 6.45) is 21.1. The molecule has 0 aromatic carbocycles. The zero-order valence-electron chi connectivity index (χ0n) is 35.6. The molecule has 0 saturated heterocycles. The molecule has 0 fully saturated rings. The molecule has 0 aliphatic heterocycles. The summed E-state index contributed by atoms with van der Waals surface area (Å²) < 4.78 is 33.2. The van der Waals surface area contributed by atoms with Gasteiger partial charge in [0.05, 0.1) is 5.92 Å². The Labute approximate surface area is 350 Å². The Morgan fingerprint density at radius 3 is 0.962 bits per heavy atom. The summed E-state index contributed by atoms with van der Waals surface area (Å²) in [5.41, 5.74) is 0. The standard InChI is InChI=1S/C44H86O7S.Na.H/c1-33(2)17-11-19-35(5)21-13-23-37(7)25-15-27-39(9)29-30-41(42(45)46)44(43(47)48,52(49,50)51)32-31-40(10)28-16-26-38(8)24-14-22-36(6)20-12-18-34(3)4;;/h33-41H,11-32H2,1-10H3,(H,45,46)(H,47,48)(H,49,50,51);;. The van der Waals surface area contributed by atoms with Crippen molar-refractivity contribution in [2.24, 2.45) is 53.3 Å². The second-order valence-electron chi connectivity index (χ2n) is 18.7. The zero-order valence-corrected chi connectivity index (χ0v) is 36.5. The molecule has 0 radical (unpaired) electrons. The first-order valence-electron chi connectivity index (χ1n) is 21.7. The van der Waals surface area contributed by atoms with Gasteiger partial charge in [-0.15, -0.1) is 0 Å². The average molecular weight is 783 g/mol. The Bertz CT molecular complexity index is 1050. The third-order valence-corrected chi connectivity index (χ3v) is 13.8. The van der Waals surface area contributed by atoms with E-state index in [9.17, 15) is 32.8 Å². The van der Waals surface area contributed by atoms with Crippen molar-refractivity contribution >= 4 is 51.6 Å². The quantitative estimate of drug-likeness (QED) is 0.0438. The first-order valence-corrected chi connectivity index (χ1v) is 23.1. The Morgan fingerprint density at radius 1 is 0.453 bits per heavy atom. The fourth-order valence-electron chi connectivity index (χ4n) is 8.19. The van der Waals surface area contributed by atoms with E-state index in [0.717, 1.165) is 62.2 Å². The van der Waals surface area contributed by atoms with E-state index >= 15 is 0 Å². The van der Waals surface area contributed by atoms with Gasteiger partial charge in [-0.1, -0.05) is 185 Å². The molecule has 8 atom stereocenters. The van der Waals surface area contributed by atoms with Gasteiger partial charge in [-0.05, 0) is 73.0 Å². The fourth-order valence-corrected chi connectivity index (χ4v) is 9.37. The number of aliphatic carboxylic acids is 2. The van der Waals surface area contributed by atoms with Gasteiger partial charge in [0.25, 0.3) is 10.1 Å². The molecule has 53 heavy (non-hydrogen) atoms. The van der Waals surface area contributed by atoms with Crippen LogP contribution in [0.25, 0.3) is 0 Å². The number of hydrogen-bond donors (Lipinski definition) is 3. The molecule has 9 heteroatoms. The van der Waals surface area contributed by atoms with Crippen molar-refractivity contribution in [2.45, 2.75) is 215 Å². The summed E-state index contributed by atoms with van der Waals surface area (Å²) in [7, 11) is -5.21. The molecule has 0 aliphatic rings. The second-order valence-corrected chi connectivity index (χ2v) is 20.4. The summed E-state index contributed by atoms with van der Waals surface area (Å²) >= 11 is 0. The third-order valence-electron chi connectivity index (χ3n) is 12.2. The van der Waals surface area contributed by atoms with Gasteiger partial charge in [0.1, 0.15) is 0 Å². The molecular weight excluding hydrogens is 696 g/mol. The van der Waals surface area contributed by atoms with E-state index in [-0.39, 0.29) is 54.2 Å². The Balaban J connectivity index is 0. The van der Waals surface area contributed by atoms with E-state index in [0.29, 0.717) is 18.3 Å². The fraction of sp³-hybridized carbons (Fsp3) is 0.955. The van der Waals surface area contributed by atoms with E-state index < -0.39 is 39.1 Å². The summed E-state index contributed by atoms with van der Waals surface area (Å²) in [5.74, 6) is -0.563. The number of rotatable bonds is 34. The van der Waals surface area contributed by atoms with Gasteiger partial charge in [0.15, 0.2) is 0 Å². The van der Waals surface area contributed by atoms with Crippen LogP contribution in [0.15, 0.2) is 0 Å². The van der Waals surface area contributed by atoms with E-state index in [4.69, 9.17) is 0 Å². The monoisotopic (exact) mass is 783 g/mol. The average Bonchev–Trinajstić information content (AvgIpc) is 3.01. The van der Waals surface area contributed by atoms with Crippen molar-refractivity contribution in [1.29, 1.82) is 0 Å². The van der Waals surface area contributed by atoms with Gasteiger partial charge in [-0.25, -0.2) is 0 Å². The van der Waals surface area contributed by atoms with Crippen LogP contribution in [-0.4, -0.2) is 69.4 Å². The van der Waals surface area contributed by atoms with Crippen LogP contribution in [-0.2, 0) is 19.7 Å². The Morgan fingerprint density at radius 2 is 0.717 bits per heavy atom. The molecule has 0 aliphatic carbocycles. The molecule has 0 rings (SSSR count). The summed E-state index contributed by atoms with van der Waals surface area (Å²) in [4.78, 5) is 25.2. The normalized spacial score (nSPS) is 17.4. The van der Waals surface area contributed by atoms with Crippen molar-refractivity contribution in [1.82, 2.24) is 0 Å². The summed E-state index contributed by atoms with van der Waals surface area (Å²) in [6.45, 7) is 22.4. The van der Waals surface area contributed by atoms with Gasteiger partial charge < -0.3 is 10.2 Å². The van der Waals surface area contributed by atoms with Crippen LogP contribution >= 0.6 is 0 Å². The van der Waals surface area contributed by atoms with Crippen molar-refractivity contribution in [2.75, 3.05) is 0 Å². The molecule has 3 N–H and O–H groups in total. The minimum absolute atomic E-state index is 0. The molecule has 0 amide bonds. The van der Waals surface area contributed by atoms with Crippen LogP contribution in [0.5, 0.6) is 0 Å². The number of carboxylic acids is 2. The van der Waals surface area contributed by atoms with Crippen LogP contribution in [0.3, 0.4) is 0 Å². The second kappa shape index (κ2) is 30.0. The molecule has 0 aromatic rings. The van der Waals surface area contributed by atoms with Crippen LogP contribution < -0.4 is 0 Å². The zero-order chi connectivity index (χ0) is 39.9. The van der Waals surface area contributed by atoms with Crippen LogP contribution in [0.4, 0.5) is 0 Å². The molecule has 0 spiro atoms. The molecule has 7 nitrogen and oxygen atoms in total. The van der Waals surface area contributed by atoms with E-state index in [1.54, 1.807) is 0 Å². The number of carbonyl (C=O) groups is 2. The predicted molar refractivity (Wildman–Crippen MR) is 226 cm³/mol. The van der Waals surface area contributed by atoms with Crippen molar-refractivity contribution < 1.29 is 32.8 Å². The maximum atomic E-state index is 12.8. The SMILES string of the molecule is CC(C)CCCC(C)CCCC(C)CCCC(C)CCC(C(=O)O)C(CCC(C)CCCC(C)CCCC(C)CCCC(C)C)(C(=O)O)S(=O)(=O)O.[NaH]. The summed E-state index contributed by atoms with van der Waals surface area (Å²) in [5, 5.41) is 20.4. The molecule has 312 valence electrons.